The third kappa shape index (κ3) is 4.44. The molecule has 2 heterocycles. The second-order valence-electron chi connectivity index (χ2n) is 8.02. The van der Waals surface area contributed by atoms with Gasteiger partial charge in [-0.15, -0.1) is 0 Å². The van der Waals surface area contributed by atoms with Gasteiger partial charge in [-0.1, -0.05) is 29.8 Å². The van der Waals surface area contributed by atoms with Gasteiger partial charge in [0.05, 0.1) is 18.6 Å². The molecule has 1 aliphatic rings. The molecule has 7 heteroatoms. The highest BCUT2D eigenvalue weighted by Crippen LogP contribution is 2.40. The van der Waals surface area contributed by atoms with Gasteiger partial charge < -0.3 is 14.5 Å². The van der Waals surface area contributed by atoms with Crippen molar-refractivity contribution in [1.82, 2.24) is 4.98 Å². The van der Waals surface area contributed by atoms with Crippen molar-refractivity contribution in [2.75, 3.05) is 23.5 Å². The summed E-state index contributed by atoms with van der Waals surface area (Å²) in [5.41, 5.74) is 2.88. The zero-order chi connectivity index (χ0) is 23.5. The number of benzene rings is 2. The molecule has 33 heavy (non-hydrogen) atoms. The Balaban J connectivity index is 1.68. The third-order valence-corrected chi connectivity index (χ3v) is 6.27. The average Bonchev–Trinajstić information content (AvgIpc) is 2.84. The lowest BCUT2D eigenvalue weighted by atomic mass is 9.84. The van der Waals surface area contributed by atoms with E-state index in [-0.39, 0.29) is 23.8 Å². The monoisotopic (exact) mass is 463 g/mol. The van der Waals surface area contributed by atoms with E-state index in [4.69, 9.17) is 16.3 Å². The number of likely N-dealkylation sites (N-methyl/N-ethyl adjacent to an activating group) is 1. The fourth-order valence-electron chi connectivity index (χ4n) is 4.40. The maximum Gasteiger partial charge on any atom is 0.260 e. The van der Waals surface area contributed by atoms with Crippen molar-refractivity contribution in [2.24, 2.45) is 0 Å². The number of pyridine rings is 1. The predicted molar refractivity (Wildman–Crippen MR) is 130 cm³/mol. The first-order valence-electron chi connectivity index (χ1n) is 10.9. The quantitative estimate of drug-likeness (QED) is 0.513. The molecule has 0 saturated carbocycles. The fraction of sp³-hybridized carbons (Fsp3) is 0.269. The summed E-state index contributed by atoms with van der Waals surface area (Å²) in [5.74, 6) is -0.0468. The molecule has 2 amide bonds. The zero-order valence-electron chi connectivity index (χ0n) is 18.9. The van der Waals surface area contributed by atoms with Crippen LogP contribution in [0.4, 0.5) is 11.4 Å². The van der Waals surface area contributed by atoms with Gasteiger partial charge in [-0.2, -0.15) is 0 Å². The number of halogens is 1. The smallest absolute Gasteiger partial charge is 0.260 e. The van der Waals surface area contributed by atoms with Gasteiger partial charge >= 0.3 is 0 Å². The highest BCUT2D eigenvalue weighted by atomic mass is 35.5. The van der Waals surface area contributed by atoms with Crippen molar-refractivity contribution < 1.29 is 14.3 Å². The van der Waals surface area contributed by atoms with Gasteiger partial charge in [0.15, 0.2) is 0 Å². The van der Waals surface area contributed by atoms with Crippen LogP contribution in [0.2, 0.25) is 5.02 Å². The lowest BCUT2D eigenvalue weighted by Gasteiger charge is -2.40. The van der Waals surface area contributed by atoms with E-state index in [0.29, 0.717) is 29.4 Å². The van der Waals surface area contributed by atoms with Crippen LogP contribution in [0.1, 0.15) is 42.1 Å². The van der Waals surface area contributed by atoms with E-state index in [1.807, 2.05) is 50.2 Å². The Morgan fingerprint density at radius 1 is 1.12 bits per heavy atom. The summed E-state index contributed by atoms with van der Waals surface area (Å²) >= 11 is 6.03. The normalized spacial score (nSPS) is 17.3. The number of hydrogen-bond acceptors (Lipinski definition) is 4. The molecular formula is C26H26ClN3O3. The Labute approximate surface area is 198 Å². The van der Waals surface area contributed by atoms with Gasteiger partial charge in [-0.25, -0.2) is 4.98 Å². The maximum absolute atomic E-state index is 13.7. The van der Waals surface area contributed by atoms with Crippen LogP contribution in [0.3, 0.4) is 0 Å². The number of ether oxygens (including phenoxy) is 1. The summed E-state index contributed by atoms with van der Waals surface area (Å²) in [7, 11) is 1.54. The van der Waals surface area contributed by atoms with Gasteiger partial charge in [-0.3, -0.25) is 9.59 Å². The zero-order valence-corrected chi connectivity index (χ0v) is 19.6. The van der Waals surface area contributed by atoms with Crippen LogP contribution >= 0.6 is 11.6 Å². The second-order valence-corrected chi connectivity index (χ2v) is 8.46. The number of para-hydroxylation sites is 1. The van der Waals surface area contributed by atoms with Crippen molar-refractivity contribution in [1.29, 1.82) is 0 Å². The first-order valence-corrected chi connectivity index (χ1v) is 11.3. The van der Waals surface area contributed by atoms with E-state index in [0.717, 1.165) is 16.9 Å². The lowest BCUT2D eigenvalue weighted by molar-refractivity contribution is -0.120. The number of methoxy groups -OCH3 is 1. The minimum absolute atomic E-state index is 0.0114. The molecule has 170 valence electrons. The molecule has 3 aromatic rings. The number of nitrogens with zero attached hydrogens (tertiary/aromatic N) is 3. The average molecular weight is 464 g/mol. The molecule has 0 radical (unpaired) electrons. The van der Waals surface area contributed by atoms with Crippen molar-refractivity contribution in [2.45, 2.75) is 32.2 Å². The first kappa shape index (κ1) is 22.8. The van der Waals surface area contributed by atoms with E-state index >= 15 is 0 Å². The lowest BCUT2D eigenvalue weighted by Crippen LogP contribution is -2.46. The summed E-state index contributed by atoms with van der Waals surface area (Å²) in [4.78, 5) is 34.8. The predicted octanol–water partition coefficient (Wildman–Crippen LogP) is 5.32. The Kier molecular flexibility index (Phi) is 6.65. The molecular weight excluding hydrogens is 438 g/mol. The number of rotatable bonds is 5. The SMILES string of the molecule is CCN(C(=O)[C@@H]1C[C@H](C)N(C(=O)c2ccc(OC)nc2)c2ccccc21)c1ccc(Cl)cc1. The second kappa shape index (κ2) is 9.63. The number of fused-ring (bicyclic) bond motifs is 1. The van der Waals surface area contributed by atoms with Crippen LogP contribution in [0.25, 0.3) is 0 Å². The highest BCUT2D eigenvalue weighted by Gasteiger charge is 2.38. The van der Waals surface area contributed by atoms with Crippen LogP contribution in [0.5, 0.6) is 5.88 Å². The number of amides is 2. The molecule has 1 aliphatic heterocycles. The number of aromatic nitrogens is 1. The largest absolute Gasteiger partial charge is 0.481 e. The molecule has 2 atom stereocenters. The van der Waals surface area contributed by atoms with Gasteiger partial charge in [-0.05, 0) is 62.2 Å². The van der Waals surface area contributed by atoms with Gasteiger partial charge in [0.2, 0.25) is 11.8 Å². The molecule has 0 spiro atoms. The summed E-state index contributed by atoms with van der Waals surface area (Å²) in [6.07, 6.45) is 2.04. The van der Waals surface area contributed by atoms with Crippen molar-refractivity contribution in [3.8, 4) is 5.88 Å². The maximum atomic E-state index is 13.7. The van der Waals surface area contributed by atoms with E-state index in [1.165, 1.54) is 13.3 Å². The van der Waals surface area contributed by atoms with E-state index in [2.05, 4.69) is 4.98 Å². The summed E-state index contributed by atoms with van der Waals surface area (Å²) < 4.78 is 5.10. The van der Waals surface area contributed by atoms with Crippen LogP contribution < -0.4 is 14.5 Å². The third-order valence-electron chi connectivity index (χ3n) is 6.02. The van der Waals surface area contributed by atoms with E-state index in [9.17, 15) is 9.59 Å². The molecule has 6 nitrogen and oxygen atoms in total. The molecule has 0 bridgehead atoms. The van der Waals surface area contributed by atoms with Gasteiger partial charge in [0, 0.05) is 41.2 Å². The van der Waals surface area contributed by atoms with Crippen LogP contribution in [-0.4, -0.2) is 36.5 Å². The molecule has 0 N–H and O–H groups in total. The van der Waals surface area contributed by atoms with Gasteiger partial charge in [0.25, 0.3) is 5.91 Å². The molecule has 4 rings (SSSR count). The number of hydrogen-bond donors (Lipinski definition) is 0. The molecule has 1 aromatic heterocycles. The van der Waals surface area contributed by atoms with Crippen LogP contribution in [0, 0.1) is 0 Å². The summed E-state index contributed by atoms with van der Waals surface area (Å²) in [6, 6.07) is 18.1. The molecule has 0 fully saturated rings. The minimum Gasteiger partial charge on any atom is -0.481 e. The van der Waals surface area contributed by atoms with Crippen LogP contribution in [-0.2, 0) is 4.79 Å². The fourth-order valence-corrected chi connectivity index (χ4v) is 4.52. The number of carbonyl (C=O) groups excluding carboxylic acids is 2. The Morgan fingerprint density at radius 2 is 1.85 bits per heavy atom. The van der Waals surface area contributed by atoms with Crippen molar-refractivity contribution in [3.63, 3.8) is 0 Å². The summed E-state index contributed by atoms with van der Waals surface area (Å²) in [5, 5.41) is 0.626. The summed E-state index contributed by atoms with van der Waals surface area (Å²) in [6.45, 7) is 4.47. The van der Waals surface area contributed by atoms with Crippen molar-refractivity contribution in [3.05, 3.63) is 83.0 Å². The van der Waals surface area contributed by atoms with Gasteiger partial charge in [0.1, 0.15) is 0 Å². The highest BCUT2D eigenvalue weighted by molar-refractivity contribution is 6.30. The Bertz CT molecular complexity index is 1150. The number of carbonyl (C=O) groups is 2. The minimum atomic E-state index is -0.357. The molecule has 0 aliphatic carbocycles. The van der Waals surface area contributed by atoms with Crippen LogP contribution in [0.15, 0.2) is 66.9 Å². The first-order chi connectivity index (χ1) is 15.9. The molecule has 2 aromatic carbocycles. The van der Waals surface area contributed by atoms with Crippen molar-refractivity contribution >= 4 is 34.8 Å². The topological polar surface area (TPSA) is 62.7 Å². The standard InChI is InChI=1S/C26H26ClN3O3/c1-4-29(20-12-10-19(27)11-13-20)26(32)22-15-17(2)30(23-8-6-5-7-21(22)23)25(31)18-9-14-24(33-3)28-16-18/h5-14,16-17,22H,4,15H2,1-3H3/t17-,22+/m0/s1. The van der Waals surface area contributed by atoms with E-state index < -0.39 is 0 Å². The number of anilines is 2. The molecule has 0 unspecified atom stereocenters. The molecule has 0 saturated heterocycles. The van der Waals surface area contributed by atoms with E-state index in [1.54, 1.807) is 34.1 Å². The Hall–Kier alpha value is -3.38. The Morgan fingerprint density at radius 3 is 2.48 bits per heavy atom.